The van der Waals surface area contributed by atoms with Crippen LogP contribution in [-0.2, 0) is 11.2 Å². The van der Waals surface area contributed by atoms with Gasteiger partial charge in [0.05, 0.1) is 12.7 Å². The van der Waals surface area contributed by atoms with Crippen molar-refractivity contribution in [2.24, 2.45) is 0 Å². The highest BCUT2D eigenvalue weighted by Crippen LogP contribution is 2.28. The minimum absolute atomic E-state index is 0.0407. The van der Waals surface area contributed by atoms with Crippen molar-refractivity contribution < 1.29 is 18.7 Å². The predicted molar refractivity (Wildman–Crippen MR) is 102 cm³/mol. The molecule has 9 nitrogen and oxygen atoms in total. The Balaban J connectivity index is 1.30. The van der Waals surface area contributed by atoms with Gasteiger partial charge in [-0.15, -0.1) is 10.2 Å². The summed E-state index contributed by atoms with van der Waals surface area (Å²) in [6.45, 7) is 2.85. The van der Waals surface area contributed by atoms with Gasteiger partial charge in [0, 0.05) is 44.4 Å². The molecule has 0 N–H and O–H groups in total. The molecule has 2 aliphatic heterocycles. The first kappa shape index (κ1) is 19.4. The molecule has 0 bridgehead atoms. The second-order valence-electron chi connectivity index (χ2n) is 7.45. The largest absolute Gasteiger partial charge is 0.481 e. The number of hydrogen-bond donors (Lipinski definition) is 0. The molecule has 2 aromatic rings. The van der Waals surface area contributed by atoms with E-state index in [2.05, 4.69) is 15.2 Å². The van der Waals surface area contributed by atoms with Crippen LogP contribution in [0.4, 0.5) is 0 Å². The summed E-state index contributed by atoms with van der Waals surface area (Å²) in [5.41, 5.74) is 0.546. The van der Waals surface area contributed by atoms with Gasteiger partial charge < -0.3 is 19.0 Å². The number of aromatic nitrogens is 3. The fraction of sp³-hybridized carbons (Fsp3) is 0.550. The van der Waals surface area contributed by atoms with E-state index in [0.29, 0.717) is 36.3 Å². The number of pyridine rings is 1. The van der Waals surface area contributed by atoms with Crippen molar-refractivity contribution in [1.82, 2.24) is 25.0 Å². The number of likely N-dealkylation sites (tertiary alicyclic amines) is 2. The smallest absolute Gasteiger partial charge is 0.255 e. The van der Waals surface area contributed by atoms with E-state index in [4.69, 9.17) is 9.15 Å². The number of hydrogen-bond acceptors (Lipinski definition) is 7. The van der Waals surface area contributed by atoms with E-state index in [1.54, 1.807) is 19.2 Å². The van der Waals surface area contributed by atoms with E-state index in [-0.39, 0.29) is 24.2 Å². The molecule has 2 aliphatic rings. The standard InChI is InChI=1S/C20H25N5O4/c1-28-16-5-4-15(13-21-16)20(27)25-10-6-14(7-11-25)19-23-22-17(29-19)12-18(26)24-8-2-3-9-24/h4-5,13-14H,2-3,6-12H2,1H3. The maximum atomic E-state index is 12.6. The third-order valence-corrected chi connectivity index (χ3v) is 5.57. The quantitative estimate of drug-likeness (QED) is 0.753. The van der Waals surface area contributed by atoms with E-state index >= 15 is 0 Å². The number of methoxy groups -OCH3 is 1. The Bertz CT molecular complexity index is 852. The number of ether oxygens (including phenoxy) is 1. The Morgan fingerprint density at radius 3 is 2.52 bits per heavy atom. The van der Waals surface area contributed by atoms with Crippen LogP contribution in [0.25, 0.3) is 0 Å². The minimum atomic E-state index is -0.0407. The van der Waals surface area contributed by atoms with Crippen molar-refractivity contribution in [2.45, 2.75) is 38.0 Å². The highest BCUT2D eigenvalue weighted by atomic mass is 16.5. The fourth-order valence-electron chi connectivity index (χ4n) is 3.85. The second kappa shape index (κ2) is 8.59. The molecule has 2 fully saturated rings. The molecule has 29 heavy (non-hydrogen) atoms. The topological polar surface area (TPSA) is 102 Å². The van der Waals surface area contributed by atoms with Gasteiger partial charge in [0.2, 0.25) is 23.6 Å². The van der Waals surface area contributed by atoms with Crippen LogP contribution in [0.5, 0.6) is 5.88 Å². The highest BCUT2D eigenvalue weighted by Gasteiger charge is 2.28. The molecule has 154 valence electrons. The Labute approximate surface area is 169 Å². The van der Waals surface area contributed by atoms with Crippen LogP contribution >= 0.6 is 0 Å². The molecule has 9 heteroatoms. The number of carbonyl (C=O) groups excluding carboxylic acids is 2. The van der Waals surface area contributed by atoms with Crippen LogP contribution < -0.4 is 4.74 Å². The van der Waals surface area contributed by atoms with Crippen LogP contribution in [-0.4, -0.2) is 70.1 Å². The lowest BCUT2D eigenvalue weighted by molar-refractivity contribution is -0.129. The molecule has 0 saturated carbocycles. The zero-order valence-electron chi connectivity index (χ0n) is 16.5. The van der Waals surface area contributed by atoms with Crippen molar-refractivity contribution in [3.05, 3.63) is 35.7 Å². The molecular weight excluding hydrogens is 374 g/mol. The molecular formula is C20H25N5O4. The lowest BCUT2D eigenvalue weighted by Crippen LogP contribution is -2.38. The van der Waals surface area contributed by atoms with Crippen molar-refractivity contribution in [3.8, 4) is 5.88 Å². The summed E-state index contributed by atoms with van der Waals surface area (Å²) in [5, 5.41) is 8.21. The van der Waals surface area contributed by atoms with Crippen molar-refractivity contribution >= 4 is 11.8 Å². The molecule has 0 aliphatic carbocycles. The first-order valence-corrected chi connectivity index (χ1v) is 10.0. The number of carbonyl (C=O) groups is 2. The maximum Gasteiger partial charge on any atom is 0.255 e. The van der Waals surface area contributed by atoms with Gasteiger partial charge in [-0.05, 0) is 31.7 Å². The van der Waals surface area contributed by atoms with Crippen LogP contribution in [0, 0.1) is 0 Å². The van der Waals surface area contributed by atoms with Crippen molar-refractivity contribution in [1.29, 1.82) is 0 Å². The number of amides is 2. The maximum absolute atomic E-state index is 12.6. The average molecular weight is 399 g/mol. The van der Waals surface area contributed by atoms with Gasteiger partial charge in [-0.3, -0.25) is 9.59 Å². The zero-order chi connectivity index (χ0) is 20.2. The van der Waals surface area contributed by atoms with Gasteiger partial charge in [0.25, 0.3) is 5.91 Å². The van der Waals surface area contributed by atoms with E-state index in [1.807, 2.05) is 9.80 Å². The van der Waals surface area contributed by atoms with Crippen molar-refractivity contribution in [3.63, 3.8) is 0 Å². The van der Waals surface area contributed by atoms with E-state index in [1.165, 1.54) is 6.20 Å². The third kappa shape index (κ3) is 4.38. The SMILES string of the molecule is COc1ccc(C(=O)N2CCC(c3nnc(CC(=O)N4CCCC4)o3)CC2)cn1. The summed E-state index contributed by atoms with van der Waals surface area (Å²) >= 11 is 0. The summed E-state index contributed by atoms with van der Waals surface area (Å²) in [6, 6.07) is 3.41. The first-order chi connectivity index (χ1) is 14.1. The highest BCUT2D eigenvalue weighted by molar-refractivity contribution is 5.94. The summed E-state index contributed by atoms with van der Waals surface area (Å²) in [4.78, 5) is 32.6. The molecule has 0 spiro atoms. The van der Waals surface area contributed by atoms with Crippen LogP contribution in [0.2, 0.25) is 0 Å². The monoisotopic (exact) mass is 399 g/mol. The van der Waals surface area contributed by atoms with Crippen LogP contribution in [0.15, 0.2) is 22.7 Å². The summed E-state index contributed by atoms with van der Waals surface area (Å²) < 4.78 is 10.8. The van der Waals surface area contributed by atoms with E-state index < -0.39 is 0 Å². The van der Waals surface area contributed by atoms with Gasteiger partial charge in [-0.25, -0.2) is 4.98 Å². The van der Waals surface area contributed by atoms with Gasteiger partial charge in [0.15, 0.2) is 0 Å². The van der Waals surface area contributed by atoms with Gasteiger partial charge in [-0.1, -0.05) is 0 Å². The lowest BCUT2D eigenvalue weighted by atomic mass is 9.96. The molecule has 2 saturated heterocycles. The summed E-state index contributed by atoms with van der Waals surface area (Å²) in [7, 11) is 1.54. The Hall–Kier alpha value is -2.97. The molecule has 2 aromatic heterocycles. The first-order valence-electron chi connectivity index (χ1n) is 10.0. The molecule has 0 aromatic carbocycles. The normalized spacial score (nSPS) is 17.6. The molecule has 0 atom stereocenters. The fourth-order valence-corrected chi connectivity index (χ4v) is 3.85. The predicted octanol–water partition coefficient (Wildman–Crippen LogP) is 1.66. The second-order valence-corrected chi connectivity index (χ2v) is 7.45. The average Bonchev–Trinajstić information content (AvgIpc) is 3.46. The number of rotatable bonds is 5. The van der Waals surface area contributed by atoms with Gasteiger partial charge >= 0.3 is 0 Å². The number of nitrogens with zero attached hydrogens (tertiary/aromatic N) is 5. The Kier molecular flexibility index (Phi) is 5.73. The summed E-state index contributed by atoms with van der Waals surface area (Å²) in [5.74, 6) is 1.53. The third-order valence-electron chi connectivity index (χ3n) is 5.57. The Morgan fingerprint density at radius 2 is 1.86 bits per heavy atom. The molecule has 0 unspecified atom stereocenters. The molecule has 2 amide bonds. The van der Waals surface area contributed by atoms with Crippen LogP contribution in [0.3, 0.4) is 0 Å². The molecule has 4 rings (SSSR count). The molecule has 0 radical (unpaired) electrons. The zero-order valence-corrected chi connectivity index (χ0v) is 16.5. The lowest BCUT2D eigenvalue weighted by Gasteiger charge is -2.30. The minimum Gasteiger partial charge on any atom is -0.481 e. The van der Waals surface area contributed by atoms with Gasteiger partial charge in [-0.2, -0.15) is 0 Å². The summed E-state index contributed by atoms with van der Waals surface area (Å²) in [6.07, 6.45) is 5.31. The van der Waals surface area contributed by atoms with E-state index in [0.717, 1.165) is 38.8 Å². The van der Waals surface area contributed by atoms with Crippen molar-refractivity contribution in [2.75, 3.05) is 33.3 Å². The van der Waals surface area contributed by atoms with E-state index in [9.17, 15) is 9.59 Å². The van der Waals surface area contributed by atoms with Gasteiger partial charge in [0.1, 0.15) is 6.42 Å². The Morgan fingerprint density at radius 1 is 1.10 bits per heavy atom. The van der Waals surface area contributed by atoms with Crippen LogP contribution in [0.1, 0.15) is 53.7 Å². The molecule has 4 heterocycles. The number of piperidine rings is 1.